The summed E-state index contributed by atoms with van der Waals surface area (Å²) in [5, 5.41) is 11.2. The number of fused-ring (bicyclic) bond motifs is 1. The fourth-order valence-electron chi connectivity index (χ4n) is 3.07. The van der Waals surface area contributed by atoms with E-state index in [4.69, 9.17) is 11.1 Å². The van der Waals surface area contributed by atoms with Crippen molar-refractivity contribution in [3.63, 3.8) is 0 Å². The van der Waals surface area contributed by atoms with Gasteiger partial charge in [-0.3, -0.25) is 0 Å². The number of nitrogens with two attached hydrogens (primary N) is 1. The highest BCUT2D eigenvalue weighted by Crippen LogP contribution is 2.33. The van der Waals surface area contributed by atoms with Gasteiger partial charge in [-0.05, 0) is 31.1 Å². The molecule has 0 aliphatic carbocycles. The molecule has 25 heavy (non-hydrogen) atoms. The van der Waals surface area contributed by atoms with Crippen LogP contribution in [0.25, 0.3) is 11.8 Å². The van der Waals surface area contributed by atoms with Crippen LogP contribution in [0.15, 0.2) is 36.8 Å². The highest BCUT2D eigenvalue weighted by atomic mass is 15.2. The normalized spacial score (nSPS) is 13.3. The molecule has 1 aromatic carbocycles. The Balaban J connectivity index is 1.91. The maximum Gasteiger partial charge on any atom is 0.140 e. The van der Waals surface area contributed by atoms with Crippen molar-refractivity contribution in [3.05, 3.63) is 59.1 Å². The minimum atomic E-state index is 0.307. The summed E-state index contributed by atoms with van der Waals surface area (Å²) in [7, 11) is 2.00. The van der Waals surface area contributed by atoms with Crippen LogP contribution in [0.1, 0.15) is 29.2 Å². The Kier molecular flexibility index (Phi) is 4.27. The molecule has 0 amide bonds. The standard InChI is InChI=1S/C19H22N6/c1-11-6-5-7-14-8-15(25(4)13(3)16(11)14)9-22-19-17(12(2)20)18(21)23-10-24-19/h5-8,10,20H,3,9H2,1-2,4H3,(H3,21,22,23,24). The van der Waals surface area contributed by atoms with E-state index in [2.05, 4.69) is 58.0 Å². The largest absolute Gasteiger partial charge is 0.383 e. The highest BCUT2D eigenvalue weighted by Gasteiger charge is 2.20. The van der Waals surface area contributed by atoms with Crippen LogP contribution in [-0.4, -0.2) is 34.2 Å². The molecule has 1 aliphatic heterocycles. The Morgan fingerprint density at radius 2 is 2.12 bits per heavy atom. The van der Waals surface area contributed by atoms with Crippen molar-refractivity contribution in [1.82, 2.24) is 14.9 Å². The molecule has 0 spiro atoms. The van der Waals surface area contributed by atoms with Gasteiger partial charge in [0.05, 0.1) is 12.1 Å². The van der Waals surface area contributed by atoms with Crippen molar-refractivity contribution in [2.45, 2.75) is 13.8 Å². The van der Waals surface area contributed by atoms with E-state index in [-0.39, 0.29) is 0 Å². The zero-order valence-corrected chi connectivity index (χ0v) is 14.7. The average Bonchev–Trinajstić information content (AvgIpc) is 2.56. The van der Waals surface area contributed by atoms with Gasteiger partial charge >= 0.3 is 0 Å². The summed E-state index contributed by atoms with van der Waals surface area (Å²) < 4.78 is 0. The molecule has 0 radical (unpaired) electrons. The average molecular weight is 334 g/mol. The van der Waals surface area contributed by atoms with Crippen molar-refractivity contribution in [1.29, 1.82) is 5.41 Å². The molecule has 2 aromatic rings. The molecule has 0 fully saturated rings. The summed E-state index contributed by atoms with van der Waals surface area (Å²) in [5.74, 6) is 0.872. The van der Waals surface area contributed by atoms with Gasteiger partial charge in [0, 0.05) is 29.7 Å². The van der Waals surface area contributed by atoms with Crippen molar-refractivity contribution in [2.24, 2.45) is 0 Å². The number of nitrogens with zero attached hydrogens (tertiary/aromatic N) is 3. The first-order chi connectivity index (χ1) is 11.9. The summed E-state index contributed by atoms with van der Waals surface area (Å²) in [5.41, 5.74) is 12.3. The van der Waals surface area contributed by atoms with Crippen LogP contribution in [0.2, 0.25) is 0 Å². The first kappa shape index (κ1) is 16.7. The predicted octanol–water partition coefficient (Wildman–Crippen LogP) is 3.12. The van der Waals surface area contributed by atoms with Crippen LogP contribution >= 0.6 is 0 Å². The maximum atomic E-state index is 7.89. The lowest BCUT2D eigenvalue weighted by molar-refractivity contribution is 0.589. The smallest absolute Gasteiger partial charge is 0.140 e. The summed E-state index contributed by atoms with van der Waals surface area (Å²) >= 11 is 0. The molecule has 6 nitrogen and oxygen atoms in total. The molecule has 4 N–H and O–H groups in total. The van der Waals surface area contributed by atoms with Crippen LogP contribution in [0, 0.1) is 12.3 Å². The van der Waals surface area contributed by atoms with E-state index in [1.54, 1.807) is 6.92 Å². The summed E-state index contributed by atoms with van der Waals surface area (Å²) in [6, 6.07) is 6.24. The Morgan fingerprint density at radius 1 is 1.36 bits per heavy atom. The van der Waals surface area contributed by atoms with E-state index in [0.717, 1.165) is 17.0 Å². The second kappa shape index (κ2) is 6.39. The van der Waals surface area contributed by atoms with E-state index in [9.17, 15) is 0 Å². The molecule has 3 rings (SSSR count). The third kappa shape index (κ3) is 2.98. The molecular weight excluding hydrogens is 312 g/mol. The van der Waals surface area contributed by atoms with Gasteiger partial charge in [0.1, 0.15) is 18.0 Å². The van der Waals surface area contributed by atoms with Crippen molar-refractivity contribution in [3.8, 4) is 0 Å². The fourth-order valence-corrected chi connectivity index (χ4v) is 3.07. The number of nitrogens with one attached hydrogen (secondary N) is 2. The molecule has 1 aromatic heterocycles. The number of hydrogen-bond acceptors (Lipinski definition) is 6. The van der Waals surface area contributed by atoms with Crippen molar-refractivity contribution >= 4 is 29.1 Å². The first-order valence-electron chi connectivity index (χ1n) is 8.03. The van der Waals surface area contributed by atoms with Crippen LogP contribution in [0.5, 0.6) is 0 Å². The van der Waals surface area contributed by atoms with Gasteiger partial charge in [-0.25, -0.2) is 9.97 Å². The van der Waals surface area contributed by atoms with Crippen LogP contribution in [0.4, 0.5) is 11.6 Å². The highest BCUT2D eigenvalue weighted by molar-refractivity contribution is 6.04. The molecule has 0 saturated heterocycles. The molecular formula is C19H22N6. The first-order valence-corrected chi connectivity index (χ1v) is 8.03. The van der Waals surface area contributed by atoms with E-state index in [1.807, 2.05) is 7.05 Å². The number of anilines is 2. The molecule has 0 atom stereocenters. The van der Waals surface area contributed by atoms with E-state index in [1.165, 1.54) is 17.5 Å². The Bertz CT molecular complexity index is 897. The van der Waals surface area contributed by atoms with E-state index in [0.29, 0.717) is 29.5 Å². The third-order valence-corrected chi connectivity index (χ3v) is 4.44. The van der Waals surface area contributed by atoms with Crippen LogP contribution < -0.4 is 11.1 Å². The van der Waals surface area contributed by atoms with Crippen molar-refractivity contribution < 1.29 is 0 Å². The van der Waals surface area contributed by atoms with Crippen LogP contribution in [-0.2, 0) is 0 Å². The fraction of sp³-hybridized carbons (Fsp3) is 0.211. The lowest BCUT2D eigenvalue weighted by Gasteiger charge is -2.31. The quantitative estimate of drug-likeness (QED) is 0.747. The van der Waals surface area contributed by atoms with E-state index < -0.39 is 0 Å². The van der Waals surface area contributed by atoms with Gasteiger partial charge in [0.25, 0.3) is 0 Å². The number of hydrogen-bond donors (Lipinski definition) is 3. The number of aryl methyl sites for hydroxylation is 1. The second-order valence-corrected chi connectivity index (χ2v) is 6.14. The third-order valence-electron chi connectivity index (χ3n) is 4.44. The number of aromatic nitrogens is 2. The lowest BCUT2D eigenvalue weighted by Crippen LogP contribution is -2.25. The second-order valence-electron chi connectivity index (χ2n) is 6.14. The lowest BCUT2D eigenvalue weighted by atomic mass is 9.95. The molecule has 2 heterocycles. The number of nitrogen functional groups attached to an aromatic ring is 1. The zero-order chi connectivity index (χ0) is 18.1. The Labute approximate surface area is 147 Å². The van der Waals surface area contributed by atoms with Gasteiger partial charge in [-0.2, -0.15) is 0 Å². The Morgan fingerprint density at radius 3 is 2.84 bits per heavy atom. The predicted molar refractivity (Wildman–Crippen MR) is 103 cm³/mol. The zero-order valence-electron chi connectivity index (χ0n) is 14.7. The number of benzene rings is 1. The molecule has 6 heteroatoms. The van der Waals surface area contributed by atoms with Gasteiger partial charge in [0.2, 0.25) is 0 Å². The summed E-state index contributed by atoms with van der Waals surface area (Å²) in [6.45, 7) is 8.55. The maximum absolute atomic E-state index is 7.89. The number of likely N-dealkylation sites (N-methyl/N-ethyl adjacent to an activating group) is 1. The molecule has 0 unspecified atom stereocenters. The molecule has 1 aliphatic rings. The van der Waals surface area contributed by atoms with Gasteiger partial charge in [0.15, 0.2) is 0 Å². The van der Waals surface area contributed by atoms with Crippen LogP contribution in [0.3, 0.4) is 0 Å². The SMILES string of the molecule is C=C1c2c(C)cccc2C=C(CNc2ncnc(N)c2C(C)=N)N1C. The topological polar surface area (TPSA) is 90.9 Å². The minimum absolute atomic E-state index is 0.307. The summed E-state index contributed by atoms with van der Waals surface area (Å²) in [4.78, 5) is 10.3. The van der Waals surface area contributed by atoms with E-state index >= 15 is 0 Å². The Hall–Kier alpha value is -3.15. The monoisotopic (exact) mass is 334 g/mol. The number of rotatable bonds is 4. The van der Waals surface area contributed by atoms with Crippen molar-refractivity contribution in [2.75, 3.05) is 24.6 Å². The summed E-state index contributed by atoms with van der Waals surface area (Å²) in [6.07, 6.45) is 3.55. The molecule has 128 valence electrons. The van der Waals surface area contributed by atoms with Gasteiger partial charge in [-0.15, -0.1) is 0 Å². The van der Waals surface area contributed by atoms with Gasteiger partial charge in [-0.1, -0.05) is 24.8 Å². The van der Waals surface area contributed by atoms with Gasteiger partial charge < -0.3 is 21.4 Å². The minimum Gasteiger partial charge on any atom is -0.383 e. The molecule has 0 saturated carbocycles. The molecule has 0 bridgehead atoms.